The summed E-state index contributed by atoms with van der Waals surface area (Å²) in [4.78, 5) is 0. The Balaban J connectivity index is 1.34. The summed E-state index contributed by atoms with van der Waals surface area (Å²) in [6.07, 6.45) is 15.6. The second kappa shape index (κ2) is 7.62. The Labute approximate surface area is 185 Å². The lowest BCUT2D eigenvalue weighted by molar-refractivity contribution is -0.0543. The molecule has 0 aromatic heterocycles. The molecule has 1 aliphatic heterocycles. The second-order valence-corrected chi connectivity index (χ2v) is 12.9. The third kappa shape index (κ3) is 3.10. The molecular weight excluding hydrogens is 368 g/mol. The molecular formula is C28H46O2. The van der Waals surface area contributed by atoms with Crippen LogP contribution in [-0.4, -0.2) is 23.9 Å². The van der Waals surface area contributed by atoms with Gasteiger partial charge in [-0.3, -0.25) is 0 Å². The summed E-state index contributed by atoms with van der Waals surface area (Å²) in [6, 6.07) is 0. The van der Waals surface area contributed by atoms with Crippen molar-refractivity contribution >= 4 is 0 Å². The monoisotopic (exact) mass is 414 g/mol. The van der Waals surface area contributed by atoms with E-state index in [-0.39, 0.29) is 0 Å². The van der Waals surface area contributed by atoms with Gasteiger partial charge >= 0.3 is 0 Å². The first-order chi connectivity index (χ1) is 14.3. The van der Waals surface area contributed by atoms with Crippen LogP contribution in [0.2, 0.25) is 0 Å². The van der Waals surface area contributed by atoms with Crippen LogP contribution in [-0.2, 0) is 4.74 Å². The van der Waals surface area contributed by atoms with E-state index in [9.17, 15) is 5.11 Å². The van der Waals surface area contributed by atoms with E-state index in [1.807, 2.05) is 5.57 Å². The van der Waals surface area contributed by atoms with Gasteiger partial charge in [-0.1, -0.05) is 46.3 Å². The summed E-state index contributed by atoms with van der Waals surface area (Å²) in [5.41, 5.74) is 2.79. The minimum Gasteiger partial charge on any atom is -0.396 e. The van der Waals surface area contributed by atoms with Crippen LogP contribution < -0.4 is 0 Å². The SMILES string of the molecule is CC(CO)CCC1OC2CC3C4CC=C5CC(C)CCC5(C)C4CCC3(C)C2C1C. The normalized spacial score (nSPS) is 53.3. The topological polar surface area (TPSA) is 29.5 Å². The molecule has 5 aliphatic rings. The molecule has 0 aromatic carbocycles. The first kappa shape index (κ1) is 21.5. The largest absolute Gasteiger partial charge is 0.396 e. The van der Waals surface area contributed by atoms with Crippen LogP contribution in [0.15, 0.2) is 11.6 Å². The number of aliphatic hydroxyl groups is 1. The fourth-order valence-corrected chi connectivity index (χ4v) is 9.40. The van der Waals surface area contributed by atoms with E-state index >= 15 is 0 Å². The van der Waals surface area contributed by atoms with E-state index in [4.69, 9.17) is 4.74 Å². The average Bonchev–Trinajstić information content (AvgIpc) is 3.20. The number of hydrogen-bond donors (Lipinski definition) is 1. The smallest absolute Gasteiger partial charge is 0.0618 e. The standard InChI is InChI=1S/C28H46O2/c1-17-10-12-27(4)20(14-17)7-8-21-22(27)11-13-28(5)23(21)15-25-26(28)19(3)24(30-25)9-6-18(2)16-29/h7,17-19,21-26,29H,6,8-16H2,1-5H3. The minimum atomic E-state index is 0.309. The Bertz CT molecular complexity index is 684. The molecule has 0 amide bonds. The Morgan fingerprint density at radius 2 is 1.97 bits per heavy atom. The average molecular weight is 415 g/mol. The number of rotatable bonds is 4. The van der Waals surface area contributed by atoms with Gasteiger partial charge in [0.1, 0.15) is 0 Å². The van der Waals surface area contributed by atoms with E-state index in [0.29, 0.717) is 41.5 Å². The summed E-state index contributed by atoms with van der Waals surface area (Å²) in [7, 11) is 0. The van der Waals surface area contributed by atoms with Crippen LogP contribution in [0.5, 0.6) is 0 Å². The van der Waals surface area contributed by atoms with E-state index < -0.39 is 0 Å². The van der Waals surface area contributed by atoms with Crippen LogP contribution in [0.3, 0.4) is 0 Å². The van der Waals surface area contributed by atoms with Crippen molar-refractivity contribution in [3.63, 3.8) is 0 Å². The van der Waals surface area contributed by atoms with E-state index in [2.05, 4.69) is 40.7 Å². The van der Waals surface area contributed by atoms with Gasteiger partial charge in [-0.05, 0) is 110 Å². The first-order valence-corrected chi connectivity index (χ1v) is 13.2. The molecule has 30 heavy (non-hydrogen) atoms. The summed E-state index contributed by atoms with van der Waals surface area (Å²) in [5.74, 6) is 5.39. The zero-order valence-electron chi connectivity index (χ0n) is 20.2. The maximum Gasteiger partial charge on any atom is 0.0618 e. The zero-order chi connectivity index (χ0) is 21.3. The molecule has 1 heterocycles. The van der Waals surface area contributed by atoms with Crippen molar-refractivity contribution < 1.29 is 9.84 Å². The fraction of sp³-hybridized carbons (Fsp3) is 0.929. The van der Waals surface area contributed by atoms with E-state index in [1.165, 1.54) is 44.9 Å². The quantitative estimate of drug-likeness (QED) is 0.524. The Morgan fingerprint density at radius 3 is 2.73 bits per heavy atom. The van der Waals surface area contributed by atoms with Gasteiger partial charge in [-0.2, -0.15) is 0 Å². The molecule has 1 N–H and O–H groups in total. The molecule has 11 unspecified atom stereocenters. The lowest BCUT2D eigenvalue weighted by Gasteiger charge is -2.58. The van der Waals surface area contributed by atoms with Gasteiger partial charge in [0.15, 0.2) is 0 Å². The molecule has 0 aromatic rings. The molecule has 3 saturated carbocycles. The van der Waals surface area contributed by atoms with Crippen LogP contribution in [0.25, 0.3) is 0 Å². The van der Waals surface area contributed by atoms with Crippen molar-refractivity contribution in [3.8, 4) is 0 Å². The number of aliphatic hydroxyl groups excluding tert-OH is 1. The van der Waals surface area contributed by atoms with Crippen molar-refractivity contribution in [2.45, 2.75) is 105 Å². The fourth-order valence-electron chi connectivity index (χ4n) is 9.40. The molecule has 2 nitrogen and oxygen atoms in total. The molecule has 1 saturated heterocycles. The molecule has 11 atom stereocenters. The molecule has 5 rings (SSSR count). The van der Waals surface area contributed by atoms with Gasteiger partial charge in [-0.15, -0.1) is 0 Å². The van der Waals surface area contributed by atoms with Crippen molar-refractivity contribution in [1.29, 1.82) is 0 Å². The lowest BCUT2D eigenvalue weighted by atomic mass is 9.46. The van der Waals surface area contributed by atoms with Gasteiger partial charge in [0.25, 0.3) is 0 Å². The molecule has 0 spiro atoms. The highest BCUT2D eigenvalue weighted by Crippen LogP contribution is 2.69. The van der Waals surface area contributed by atoms with E-state index in [0.717, 1.165) is 42.4 Å². The number of allylic oxidation sites excluding steroid dienone is 2. The highest BCUT2D eigenvalue weighted by atomic mass is 16.5. The zero-order valence-corrected chi connectivity index (χ0v) is 20.2. The van der Waals surface area contributed by atoms with Crippen molar-refractivity contribution in [1.82, 2.24) is 0 Å². The van der Waals surface area contributed by atoms with Crippen LogP contribution in [0.4, 0.5) is 0 Å². The number of fused-ring (bicyclic) bond motifs is 7. The van der Waals surface area contributed by atoms with Crippen LogP contribution in [0, 0.1) is 52.3 Å². The van der Waals surface area contributed by atoms with Gasteiger partial charge in [0.2, 0.25) is 0 Å². The molecule has 170 valence electrons. The first-order valence-electron chi connectivity index (χ1n) is 13.2. The van der Waals surface area contributed by atoms with Crippen molar-refractivity contribution in [3.05, 3.63) is 11.6 Å². The molecule has 0 bridgehead atoms. The minimum absolute atomic E-state index is 0.309. The highest BCUT2D eigenvalue weighted by molar-refractivity contribution is 5.25. The predicted octanol–water partition coefficient (Wildman–Crippen LogP) is 6.62. The third-order valence-electron chi connectivity index (χ3n) is 11.2. The van der Waals surface area contributed by atoms with Crippen molar-refractivity contribution in [2.75, 3.05) is 6.61 Å². The molecule has 4 fully saturated rings. The predicted molar refractivity (Wildman–Crippen MR) is 123 cm³/mol. The maximum absolute atomic E-state index is 9.41. The van der Waals surface area contributed by atoms with Gasteiger partial charge in [0.05, 0.1) is 12.2 Å². The number of ether oxygens (including phenoxy) is 1. The highest BCUT2D eigenvalue weighted by Gasteiger charge is 2.64. The summed E-state index contributed by atoms with van der Waals surface area (Å²) in [5, 5.41) is 9.41. The summed E-state index contributed by atoms with van der Waals surface area (Å²) in [6.45, 7) is 12.7. The maximum atomic E-state index is 9.41. The van der Waals surface area contributed by atoms with Crippen LogP contribution in [0.1, 0.15) is 92.4 Å². The lowest BCUT2D eigenvalue weighted by Crippen LogP contribution is -2.50. The number of hydrogen-bond acceptors (Lipinski definition) is 2. The third-order valence-corrected chi connectivity index (χ3v) is 11.2. The van der Waals surface area contributed by atoms with Gasteiger partial charge in [0, 0.05) is 6.61 Å². The molecule has 2 heteroatoms. The second-order valence-electron chi connectivity index (χ2n) is 12.9. The Kier molecular flexibility index (Phi) is 5.46. The van der Waals surface area contributed by atoms with Gasteiger partial charge in [-0.25, -0.2) is 0 Å². The van der Waals surface area contributed by atoms with Crippen LogP contribution >= 0.6 is 0 Å². The van der Waals surface area contributed by atoms with Gasteiger partial charge < -0.3 is 9.84 Å². The van der Waals surface area contributed by atoms with E-state index in [1.54, 1.807) is 0 Å². The molecule has 4 aliphatic carbocycles. The summed E-state index contributed by atoms with van der Waals surface area (Å²) >= 11 is 0. The Morgan fingerprint density at radius 1 is 1.17 bits per heavy atom. The molecule has 0 radical (unpaired) electrons. The summed E-state index contributed by atoms with van der Waals surface area (Å²) < 4.78 is 6.78. The van der Waals surface area contributed by atoms with Crippen molar-refractivity contribution in [2.24, 2.45) is 52.3 Å². The Hall–Kier alpha value is -0.340.